The van der Waals surface area contributed by atoms with Gasteiger partial charge in [-0.15, -0.1) is 0 Å². The molecule has 19 heavy (non-hydrogen) atoms. The number of piperazine rings is 1. The van der Waals surface area contributed by atoms with Gasteiger partial charge in [0.2, 0.25) is 5.91 Å². The summed E-state index contributed by atoms with van der Waals surface area (Å²) in [6.07, 6.45) is 4.70. The summed E-state index contributed by atoms with van der Waals surface area (Å²) in [5.74, 6) is 0.258. The van der Waals surface area contributed by atoms with Gasteiger partial charge in [-0.05, 0) is 26.9 Å². The third kappa shape index (κ3) is 3.91. The lowest BCUT2D eigenvalue weighted by molar-refractivity contribution is -0.134. The van der Waals surface area contributed by atoms with Crippen molar-refractivity contribution >= 4 is 5.91 Å². The maximum Gasteiger partial charge on any atom is 0.236 e. The summed E-state index contributed by atoms with van der Waals surface area (Å²) in [5, 5.41) is 0. The fourth-order valence-corrected chi connectivity index (χ4v) is 3.17. The number of hydrogen-bond donors (Lipinski definition) is 1. The zero-order valence-corrected chi connectivity index (χ0v) is 12.3. The highest BCUT2D eigenvalue weighted by atomic mass is 16.2. The second-order valence-corrected chi connectivity index (χ2v) is 6.11. The molecule has 0 aromatic carbocycles. The van der Waals surface area contributed by atoms with E-state index in [0.717, 1.165) is 39.0 Å². The van der Waals surface area contributed by atoms with Crippen LogP contribution in [0.15, 0.2) is 0 Å². The number of rotatable bonds is 3. The molecule has 1 heterocycles. The third-order valence-corrected chi connectivity index (χ3v) is 4.59. The molecule has 2 atom stereocenters. The number of likely N-dealkylation sites (N-methyl/N-ethyl adjacent to an activating group) is 2. The fourth-order valence-electron chi connectivity index (χ4n) is 3.17. The topological polar surface area (TPSA) is 52.8 Å². The molecule has 0 aromatic rings. The molecule has 2 N–H and O–H groups in total. The Labute approximate surface area is 116 Å². The molecule has 0 spiro atoms. The number of carbonyl (C=O) groups excluding carboxylic acids is 1. The number of nitrogens with zero attached hydrogens (tertiary/aromatic N) is 3. The van der Waals surface area contributed by atoms with Gasteiger partial charge in [0.25, 0.3) is 0 Å². The van der Waals surface area contributed by atoms with Gasteiger partial charge in [0.15, 0.2) is 0 Å². The van der Waals surface area contributed by atoms with Crippen molar-refractivity contribution in [1.29, 1.82) is 0 Å². The molecule has 2 fully saturated rings. The molecule has 5 nitrogen and oxygen atoms in total. The largest absolute Gasteiger partial charge is 0.339 e. The molecular weight excluding hydrogens is 240 g/mol. The van der Waals surface area contributed by atoms with E-state index in [2.05, 4.69) is 16.8 Å². The summed E-state index contributed by atoms with van der Waals surface area (Å²) < 4.78 is 0. The average molecular weight is 268 g/mol. The first-order chi connectivity index (χ1) is 9.08. The zero-order valence-electron chi connectivity index (χ0n) is 12.3. The second kappa shape index (κ2) is 6.68. The minimum atomic E-state index is 0.235. The lowest BCUT2D eigenvalue weighted by atomic mass is 9.90. The SMILES string of the molecule is CN1CCN(C(=O)CN(C)C2CCCCC2N)CC1. The van der Waals surface area contributed by atoms with Crippen LogP contribution in [0.1, 0.15) is 25.7 Å². The van der Waals surface area contributed by atoms with Gasteiger partial charge in [-0.3, -0.25) is 9.69 Å². The van der Waals surface area contributed by atoms with Crippen molar-refractivity contribution in [1.82, 2.24) is 14.7 Å². The van der Waals surface area contributed by atoms with Gasteiger partial charge in [-0.25, -0.2) is 0 Å². The van der Waals surface area contributed by atoms with E-state index in [4.69, 9.17) is 5.73 Å². The van der Waals surface area contributed by atoms with Gasteiger partial charge in [-0.2, -0.15) is 0 Å². The summed E-state index contributed by atoms with van der Waals surface area (Å²) in [6.45, 7) is 4.21. The predicted molar refractivity (Wildman–Crippen MR) is 76.9 cm³/mol. The molecule has 1 saturated heterocycles. The molecule has 0 bridgehead atoms. The van der Waals surface area contributed by atoms with Crippen molar-refractivity contribution in [2.75, 3.05) is 46.8 Å². The van der Waals surface area contributed by atoms with Gasteiger partial charge < -0.3 is 15.5 Å². The Hall–Kier alpha value is -0.650. The normalized spacial score (nSPS) is 29.8. The van der Waals surface area contributed by atoms with Gasteiger partial charge in [0.1, 0.15) is 0 Å². The van der Waals surface area contributed by atoms with Crippen molar-refractivity contribution in [3.63, 3.8) is 0 Å². The highest BCUT2D eigenvalue weighted by molar-refractivity contribution is 5.78. The Morgan fingerprint density at radius 1 is 1.21 bits per heavy atom. The maximum atomic E-state index is 12.3. The monoisotopic (exact) mass is 268 g/mol. The van der Waals surface area contributed by atoms with Crippen LogP contribution >= 0.6 is 0 Å². The predicted octanol–water partition coefficient (Wildman–Crippen LogP) is -0.0379. The molecule has 5 heteroatoms. The molecule has 1 amide bonds. The van der Waals surface area contributed by atoms with Crippen LogP contribution in [0.2, 0.25) is 0 Å². The van der Waals surface area contributed by atoms with Gasteiger partial charge >= 0.3 is 0 Å². The summed E-state index contributed by atoms with van der Waals surface area (Å²) in [5.41, 5.74) is 6.18. The number of carbonyl (C=O) groups is 1. The lowest BCUT2D eigenvalue weighted by Gasteiger charge is -2.38. The molecule has 110 valence electrons. The molecule has 2 aliphatic rings. The Bertz CT molecular complexity index is 302. The Kier molecular flexibility index (Phi) is 5.19. The molecule has 1 aliphatic carbocycles. The van der Waals surface area contributed by atoms with E-state index in [1.165, 1.54) is 12.8 Å². The molecular formula is C14H28N4O. The Balaban J connectivity index is 1.80. The van der Waals surface area contributed by atoms with Gasteiger partial charge in [0.05, 0.1) is 6.54 Å². The van der Waals surface area contributed by atoms with Crippen LogP contribution in [0.5, 0.6) is 0 Å². The van der Waals surface area contributed by atoms with Crippen LogP contribution in [0.4, 0.5) is 0 Å². The highest BCUT2D eigenvalue weighted by Crippen LogP contribution is 2.21. The minimum Gasteiger partial charge on any atom is -0.339 e. The van der Waals surface area contributed by atoms with Crippen LogP contribution in [0.3, 0.4) is 0 Å². The summed E-state index contributed by atoms with van der Waals surface area (Å²) in [6, 6.07) is 0.615. The number of hydrogen-bond acceptors (Lipinski definition) is 4. The molecule has 1 aliphatic heterocycles. The summed E-state index contributed by atoms with van der Waals surface area (Å²) in [7, 11) is 4.15. The zero-order chi connectivity index (χ0) is 13.8. The minimum absolute atomic E-state index is 0.235. The van der Waals surface area contributed by atoms with Gasteiger partial charge in [0, 0.05) is 38.3 Å². The van der Waals surface area contributed by atoms with Crippen molar-refractivity contribution in [2.45, 2.75) is 37.8 Å². The maximum absolute atomic E-state index is 12.3. The van der Waals surface area contributed by atoms with Crippen LogP contribution in [-0.2, 0) is 4.79 Å². The van der Waals surface area contributed by atoms with Crippen LogP contribution in [0.25, 0.3) is 0 Å². The van der Waals surface area contributed by atoms with Gasteiger partial charge in [-0.1, -0.05) is 12.8 Å². The van der Waals surface area contributed by atoms with Crippen LogP contribution in [-0.4, -0.2) is 79.5 Å². The van der Waals surface area contributed by atoms with E-state index in [9.17, 15) is 4.79 Å². The van der Waals surface area contributed by atoms with Crippen molar-refractivity contribution in [3.8, 4) is 0 Å². The van der Waals surface area contributed by atoms with E-state index < -0.39 is 0 Å². The van der Waals surface area contributed by atoms with E-state index in [0.29, 0.717) is 12.6 Å². The quantitative estimate of drug-likeness (QED) is 0.780. The number of amides is 1. The average Bonchev–Trinajstić information content (AvgIpc) is 2.39. The van der Waals surface area contributed by atoms with Crippen molar-refractivity contribution in [3.05, 3.63) is 0 Å². The first-order valence-corrected chi connectivity index (χ1v) is 7.50. The summed E-state index contributed by atoms with van der Waals surface area (Å²) in [4.78, 5) is 18.7. The molecule has 2 unspecified atom stereocenters. The second-order valence-electron chi connectivity index (χ2n) is 6.11. The first kappa shape index (κ1) is 14.8. The van der Waals surface area contributed by atoms with Crippen molar-refractivity contribution < 1.29 is 4.79 Å². The molecule has 2 rings (SSSR count). The molecule has 1 saturated carbocycles. The fraction of sp³-hybridized carbons (Fsp3) is 0.929. The van der Waals surface area contributed by atoms with Crippen LogP contribution < -0.4 is 5.73 Å². The lowest BCUT2D eigenvalue weighted by Crippen LogP contribution is -2.53. The van der Waals surface area contributed by atoms with Crippen LogP contribution in [0, 0.1) is 0 Å². The summed E-state index contributed by atoms with van der Waals surface area (Å²) >= 11 is 0. The Morgan fingerprint density at radius 2 is 1.84 bits per heavy atom. The Morgan fingerprint density at radius 3 is 2.47 bits per heavy atom. The van der Waals surface area contributed by atoms with E-state index >= 15 is 0 Å². The molecule has 0 aromatic heterocycles. The molecule has 0 radical (unpaired) electrons. The highest BCUT2D eigenvalue weighted by Gasteiger charge is 2.28. The van der Waals surface area contributed by atoms with E-state index in [1.807, 2.05) is 11.9 Å². The number of nitrogens with two attached hydrogens (primary N) is 1. The van der Waals surface area contributed by atoms with E-state index in [1.54, 1.807) is 0 Å². The first-order valence-electron chi connectivity index (χ1n) is 7.50. The van der Waals surface area contributed by atoms with E-state index in [-0.39, 0.29) is 11.9 Å². The van der Waals surface area contributed by atoms with Crippen molar-refractivity contribution in [2.24, 2.45) is 5.73 Å². The third-order valence-electron chi connectivity index (χ3n) is 4.59. The smallest absolute Gasteiger partial charge is 0.236 e. The standard InChI is InChI=1S/C14H28N4O/c1-16-7-9-18(10-8-16)14(19)11-17(2)13-6-4-3-5-12(13)15/h12-13H,3-11,15H2,1-2H3.